The van der Waals surface area contributed by atoms with E-state index in [2.05, 4.69) is 20.5 Å². The lowest BCUT2D eigenvalue weighted by molar-refractivity contribution is 0.0690. The Bertz CT molecular complexity index is 675. The molecule has 0 saturated carbocycles. The molecule has 2 rings (SSSR count). The third-order valence-corrected chi connectivity index (χ3v) is 2.12. The van der Waals surface area contributed by atoms with Crippen molar-refractivity contribution in [2.75, 3.05) is 5.32 Å². The highest BCUT2D eigenvalue weighted by molar-refractivity contribution is 6.02. The third kappa shape index (κ3) is 3.00. The summed E-state index contributed by atoms with van der Waals surface area (Å²) in [7, 11) is 0. The van der Waals surface area contributed by atoms with Crippen LogP contribution in [0.15, 0.2) is 35.1 Å². The molecule has 0 spiro atoms. The average Bonchev–Trinajstić information content (AvgIpc) is 2.41. The summed E-state index contributed by atoms with van der Waals surface area (Å²) >= 11 is 0. The molecule has 3 N–H and O–H groups in total. The summed E-state index contributed by atoms with van der Waals surface area (Å²) in [6.07, 6.45) is 0. The first kappa shape index (κ1) is 12.4. The highest BCUT2D eigenvalue weighted by Crippen LogP contribution is 2.03. The van der Waals surface area contributed by atoms with Crippen molar-refractivity contribution < 1.29 is 14.7 Å². The molecule has 0 saturated heterocycles. The van der Waals surface area contributed by atoms with Gasteiger partial charge in [-0.2, -0.15) is 5.10 Å². The highest BCUT2D eigenvalue weighted by atomic mass is 16.4. The maximum Gasteiger partial charge on any atom is 0.354 e. The number of carboxylic acid groups (broad SMARTS) is 1. The van der Waals surface area contributed by atoms with Crippen LogP contribution >= 0.6 is 0 Å². The molecular weight excluding hydrogens is 252 g/mol. The van der Waals surface area contributed by atoms with Gasteiger partial charge in [0.25, 0.3) is 11.5 Å². The van der Waals surface area contributed by atoms with Gasteiger partial charge in [0.05, 0.1) is 0 Å². The Hall–Kier alpha value is -3.03. The minimum atomic E-state index is -1.23. The summed E-state index contributed by atoms with van der Waals surface area (Å²) in [6.45, 7) is 0. The zero-order valence-corrected chi connectivity index (χ0v) is 9.45. The molecule has 1 amide bonds. The number of carbonyl (C=O) groups excluding carboxylic acids is 1. The molecule has 0 aromatic carbocycles. The number of rotatable bonds is 3. The van der Waals surface area contributed by atoms with Crippen LogP contribution in [0.4, 0.5) is 5.82 Å². The molecule has 96 valence electrons. The van der Waals surface area contributed by atoms with Gasteiger partial charge >= 0.3 is 5.97 Å². The number of hydrogen-bond donors (Lipinski definition) is 3. The molecule has 0 fully saturated rings. The number of aromatic amines is 1. The van der Waals surface area contributed by atoms with E-state index in [0.717, 1.165) is 0 Å². The summed E-state index contributed by atoms with van der Waals surface area (Å²) in [4.78, 5) is 37.0. The van der Waals surface area contributed by atoms with Gasteiger partial charge in [-0.05, 0) is 18.2 Å². The van der Waals surface area contributed by atoms with E-state index in [1.807, 2.05) is 0 Å². The predicted octanol–water partition coefficient (Wildman–Crippen LogP) is 0.115. The number of aromatic carboxylic acids is 1. The van der Waals surface area contributed by atoms with E-state index >= 15 is 0 Å². The van der Waals surface area contributed by atoms with Gasteiger partial charge in [0, 0.05) is 6.07 Å². The molecule has 0 bridgehead atoms. The van der Waals surface area contributed by atoms with Crippen molar-refractivity contribution in [2.45, 2.75) is 0 Å². The number of carboxylic acids is 1. The minimum Gasteiger partial charge on any atom is -0.477 e. The third-order valence-electron chi connectivity index (χ3n) is 2.12. The van der Waals surface area contributed by atoms with Crippen LogP contribution in [0, 0.1) is 0 Å². The smallest absolute Gasteiger partial charge is 0.354 e. The number of H-pyrrole nitrogens is 1. The van der Waals surface area contributed by atoms with Crippen LogP contribution in [0.25, 0.3) is 0 Å². The topological polar surface area (TPSA) is 125 Å². The number of pyridine rings is 1. The zero-order chi connectivity index (χ0) is 13.8. The van der Waals surface area contributed by atoms with Crippen molar-refractivity contribution in [3.63, 3.8) is 0 Å². The average molecular weight is 260 g/mol. The van der Waals surface area contributed by atoms with Gasteiger partial charge in [0.2, 0.25) is 0 Å². The summed E-state index contributed by atoms with van der Waals surface area (Å²) in [5.41, 5.74) is -0.695. The highest BCUT2D eigenvalue weighted by Gasteiger charge is 2.11. The van der Waals surface area contributed by atoms with Gasteiger partial charge < -0.3 is 10.4 Å². The summed E-state index contributed by atoms with van der Waals surface area (Å²) in [5, 5.41) is 16.9. The molecule has 0 radical (unpaired) electrons. The second-order valence-electron chi connectivity index (χ2n) is 3.47. The largest absolute Gasteiger partial charge is 0.477 e. The van der Waals surface area contributed by atoms with E-state index in [1.54, 1.807) is 0 Å². The standard InChI is InChI=1S/C11H8N4O4/c16-9-5-4-8(14-15-9)13-10(17)6-2-1-3-7(12-6)11(18)19/h1-5H,(H,15,16)(H,18,19)(H,13,14,17). The number of carbonyl (C=O) groups is 2. The summed E-state index contributed by atoms with van der Waals surface area (Å²) in [5.74, 6) is -1.72. The molecule has 2 aromatic heterocycles. The van der Waals surface area contributed by atoms with Gasteiger partial charge in [-0.25, -0.2) is 14.9 Å². The first-order chi connectivity index (χ1) is 9.06. The van der Waals surface area contributed by atoms with Crippen molar-refractivity contribution in [2.24, 2.45) is 0 Å². The number of nitrogens with zero attached hydrogens (tertiary/aromatic N) is 2. The van der Waals surface area contributed by atoms with Gasteiger partial charge in [-0.15, -0.1) is 0 Å². The molecular formula is C11H8N4O4. The predicted molar refractivity (Wildman–Crippen MR) is 64.0 cm³/mol. The molecule has 0 unspecified atom stereocenters. The van der Waals surface area contributed by atoms with Gasteiger partial charge in [0.15, 0.2) is 5.82 Å². The number of amides is 1. The van der Waals surface area contributed by atoms with Crippen LogP contribution in [0.2, 0.25) is 0 Å². The molecule has 19 heavy (non-hydrogen) atoms. The normalized spacial score (nSPS) is 9.89. The number of aromatic nitrogens is 3. The van der Waals surface area contributed by atoms with Gasteiger partial charge in [-0.1, -0.05) is 6.07 Å². The van der Waals surface area contributed by atoms with Crippen LogP contribution in [0.5, 0.6) is 0 Å². The van der Waals surface area contributed by atoms with Crippen molar-refractivity contribution >= 4 is 17.7 Å². The van der Waals surface area contributed by atoms with Crippen LogP contribution < -0.4 is 10.9 Å². The van der Waals surface area contributed by atoms with E-state index in [1.165, 1.54) is 30.3 Å². The SMILES string of the molecule is O=C(O)c1cccc(C(=O)Nc2ccc(=O)[nH]n2)n1. The molecule has 2 heterocycles. The number of anilines is 1. The monoisotopic (exact) mass is 260 g/mol. The van der Waals surface area contributed by atoms with Gasteiger partial charge in [0.1, 0.15) is 11.4 Å². The second-order valence-corrected chi connectivity index (χ2v) is 3.47. The zero-order valence-electron chi connectivity index (χ0n) is 9.45. The van der Waals surface area contributed by atoms with Crippen molar-refractivity contribution in [1.82, 2.24) is 15.2 Å². The lowest BCUT2D eigenvalue weighted by Crippen LogP contribution is -2.18. The lowest BCUT2D eigenvalue weighted by Gasteiger charge is -2.03. The second kappa shape index (κ2) is 5.08. The van der Waals surface area contributed by atoms with E-state index in [0.29, 0.717) is 0 Å². The van der Waals surface area contributed by atoms with E-state index < -0.39 is 17.4 Å². The first-order valence-electron chi connectivity index (χ1n) is 5.14. The lowest BCUT2D eigenvalue weighted by atomic mass is 10.3. The molecule has 0 aliphatic rings. The fourth-order valence-electron chi connectivity index (χ4n) is 1.27. The van der Waals surface area contributed by atoms with E-state index in [4.69, 9.17) is 5.11 Å². The Morgan fingerprint density at radius 3 is 2.53 bits per heavy atom. The van der Waals surface area contributed by atoms with E-state index in [9.17, 15) is 14.4 Å². The minimum absolute atomic E-state index is 0.0621. The Labute approximate surface area is 106 Å². The Morgan fingerprint density at radius 2 is 1.89 bits per heavy atom. The molecule has 0 aliphatic carbocycles. The quantitative estimate of drug-likeness (QED) is 0.719. The van der Waals surface area contributed by atoms with Crippen LogP contribution in [0.3, 0.4) is 0 Å². The van der Waals surface area contributed by atoms with Crippen molar-refractivity contribution in [3.8, 4) is 0 Å². The summed E-state index contributed by atoms with van der Waals surface area (Å²) in [6, 6.07) is 6.57. The van der Waals surface area contributed by atoms with Crippen molar-refractivity contribution in [3.05, 3.63) is 52.1 Å². The van der Waals surface area contributed by atoms with Crippen LogP contribution in [-0.2, 0) is 0 Å². The molecule has 0 atom stereocenters. The number of hydrogen-bond acceptors (Lipinski definition) is 5. The molecule has 2 aromatic rings. The fraction of sp³-hybridized carbons (Fsp3) is 0. The Balaban J connectivity index is 2.20. The van der Waals surface area contributed by atoms with Crippen molar-refractivity contribution in [1.29, 1.82) is 0 Å². The maximum absolute atomic E-state index is 11.8. The molecule has 0 aliphatic heterocycles. The molecule has 8 heteroatoms. The molecule has 8 nitrogen and oxygen atoms in total. The van der Waals surface area contributed by atoms with E-state index in [-0.39, 0.29) is 17.2 Å². The van der Waals surface area contributed by atoms with Gasteiger partial charge in [-0.3, -0.25) is 9.59 Å². The maximum atomic E-state index is 11.8. The van der Waals surface area contributed by atoms with Crippen LogP contribution in [0.1, 0.15) is 21.0 Å². The number of nitrogens with one attached hydrogen (secondary N) is 2. The first-order valence-corrected chi connectivity index (χ1v) is 5.14. The Kier molecular flexibility index (Phi) is 3.33. The fourth-order valence-corrected chi connectivity index (χ4v) is 1.27. The summed E-state index contributed by atoms with van der Waals surface area (Å²) < 4.78 is 0. The Morgan fingerprint density at radius 1 is 1.16 bits per heavy atom. The van der Waals surface area contributed by atoms with Crippen LogP contribution in [-0.4, -0.2) is 32.2 Å².